The second kappa shape index (κ2) is 4.85. The van der Waals surface area contributed by atoms with Crippen LogP contribution in [0.3, 0.4) is 0 Å². The molecule has 1 atom stereocenters. The number of hydrogen-bond donors (Lipinski definition) is 3. The first kappa shape index (κ1) is 12.3. The van der Waals surface area contributed by atoms with Crippen LogP contribution in [-0.2, 0) is 4.79 Å². The number of aliphatic carboxylic acids is 1. The molecule has 0 saturated carbocycles. The zero-order valence-electron chi connectivity index (χ0n) is 8.40. The van der Waals surface area contributed by atoms with Gasteiger partial charge in [0.2, 0.25) is 0 Å². The molecular formula is C10H10ClNO4. The van der Waals surface area contributed by atoms with Crippen molar-refractivity contribution in [2.75, 3.05) is 0 Å². The van der Waals surface area contributed by atoms with Crippen molar-refractivity contribution in [1.29, 1.82) is 0 Å². The van der Waals surface area contributed by atoms with Crippen molar-refractivity contribution in [1.82, 2.24) is 5.32 Å². The molecule has 0 bridgehead atoms. The SMILES string of the molecule is C[C@@H](NC(=O)c1cc(O)ccc1Cl)C(=O)O. The zero-order valence-corrected chi connectivity index (χ0v) is 9.15. The summed E-state index contributed by atoms with van der Waals surface area (Å²) in [6.07, 6.45) is 0. The molecule has 3 N–H and O–H groups in total. The smallest absolute Gasteiger partial charge is 0.325 e. The Balaban J connectivity index is 2.88. The van der Waals surface area contributed by atoms with Crippen molar-refractivity contribution in [3.05, 3.63) is 28.8 Å². The first-order valence-electron chi connectivity index (χ1n) is 4.44. The largest absolute Gasteiger partial charge is 0.508 e. The highest BCUT2D eigenvalue weighted by atomic mass is 35.5. The first-order valence-corrected chi connectivity index (χ1v) is 4.82. The highest BCUT2D eigenvalue weighted by Gasteiger charge is 2.17. The fourth-order valence-corrected chi connectivity index (χ4v) is 1.23. The molecule has 1 rings (SSSR count). The lowest BCUT2D eigenvalue weighted by molar-refractivity contribution is -0.138. The summed E-state index contributed by atoms with van der Waals surface area (Å²) in [5, 5.41) is 20.2. The summed E-state index contributed by atoms with van der Waals surface area (Å²) in [7, 11) is 0. The van der Waals surface area contributed by atoms with Crippen LogP contribution < -0.4 is 5.32 Å². The van der Waals surface area contributed by atoms with E-state index in [1.807, 2.05) is 0 Å². The van der Waals surface area contributed by atoms with E-state index in [2.05, 4.69) is 5.32 Å². The number of carbonyl (C=O) groups is 2. The van der Waals surface area contributed by atoms with E-state index in [1.54, 1.807) is 0 Å². The van der Waals surface area contributed by atoms with Gasteiger partial charge in [-0.2, -0.15) is 0 Å². The fraction of sp³-hybridized carbons (Fsp3) is 0.200. The summed E-state index contributed by atoms with van der Waals surface area (Å²) in [5.74, 6) is -1.90. The monoisotopic (exact) mass is 243 g/mol. The maximum atomic E-state index is 11.6. The van der Waals surface area contributed by atoms with Gasteiger partial charge in [0.1, 0.15) is 11.8 Å². The molecular weight excluding hydrogens is 234 g/mol. The molecule has 0 aromatic heterocycles. The Morgan fingerprint density at radius 3 is 2.62 bits per heavy atom. The maximum Gasteiger partial charge on any atom is 0.325 e. The second-order valence-corrected chi connectivity index (χ2v) is 3.60. The van der Waals surface area contributed by atoms with Crippen LogP contribution in [0.25, 0.3) is 0 Å². The Labute approximate surface area is 96.7 Å². The van der Waals surface area contributed by atoms with Gasteiger partial charge in [-0.15, -0.1) is 0 Å². The Hall–Kier alpha value is -1.75. The van der Waals surface area contributed by atoms with Crippen LogP contribution in [0.1, 0.15) is 17.3 Å². The van der Waals surface area contributed by atoms with E-state index < -0.39 is 17.9 Å². The summed E-state index contributed by atoms with van der Waals surface area (Å²) < 4.78 is 0. The molecule has 1 amide bonds. The molecule has 5 nitrogen and oxygen atoms in total. The summed E-state index contributed by atoms with van der Waals surface area (Å²) >= 11 is 5.73. The molecule has 0 radical (unpaired) electrons. The normalized spacial score (nSPS) is 11.9. The minimum atomic E-state index is -1.15. The second-order valence-electron chi connectivity index (χ2n) is 3.20. The molecule has 0 aliphatic carbocycles. The number of carboxylic acid groups (broad SMARTS) is 1. The number of carboxylic acids is 1. The summed E-state index contributed by atoms with van der Waals surface area (Å²) in [4.78, 5) is 22.1. The highest BCUT2D eigenvalue weighted by molar-refractivity contribution is 6.33. The molecule has 0 heterocycles. The lowest BCUT2D eigenvalue weighted by Gasteiger charge is -2.10. The van der Waals surface area contributed by atoms with Gasteiger partial charge in [-0.05, 0) is 25.1 Å². The summed E-state index contributed by atoms with van der Waals surface area (Å²) in [6, 6.07) is 2.84. The van der Waals surface area contributed by atoms with Gasteiger partial charge in [-0.1, -0.05) is 11.6 Å². The number of amides is 1. The van der Waals surface area contributed by atoms with Crippen LogP contribution in [0.15, 0.2) is 18.2 Å². The molecule has 0 saturated heterocycles. The highest BCUT2D eigenvalue weighted by Crippen LogP contribution is 2.20. The number of halogens is 1. The number of rotatable bonds is 3. The summed E-state index contributed by atoms with van der Waals surface area (Å²) in [5.41, 5.74) is 0.0368. The predicted octanol–water partition coefficient (Wildman–Crippen LogP) is 1.25. The predicted molar refractivity (Wildman–Crippen MR) is 57.7 cm³/mol. The number of hydrogen-bond acceptors (Lipinski definition) is 3. The number of carbonyl (C=O) groups excluding carboxylic acids is 1. The van der Waals surface area contributed by atoms with Gasteiger partial charge >= 0.3 is 5.97 Å². The van der Waals surface area contributed by atoms with Gasteiger partial charge in [0.25, 0.3) is 5.91 Å². The van der Waals surface area contributed by atoms with Crippen LogP contribution in [0.2, 0.25) is 5.02 Å². The minimum absolute atomic E-state index is 0.0368. The van der Waals surface area contributed by atoms with E-state index in [1.165, 1.54) is 25.1 Å². The van der Waals surface area contributed by atoms with Gasteiger partial charge in [-0.25, -0.2) is 0 Å². The molecule has 0 aliphatic rings. The third kappa shape index (κ3) is 2.87. The molecule has 0 spiro atoms. The number of phenolic OH excluding ortho intramolecular Hbond substituents is 1. The van der Waals surface area contributed by atoms with E-state index in [0.717, 1.165) is 0 Å². The Morgan fingerprint density at radius 2 is 2.06 bits per heavy atom. The van der Waals surface area contributed by atoms with Crippen LogP contribution in [-0.4, -0.2) is 28.1 Å². The van der Waals surface area contributed by atoms with E-state index in [4.69, 9.17) is 16.7 Å². The van der Waals surface area contributed by atoms with Crippen LogP contribution in [0, 0.1) is 0 Å². The van der Waals surface area contributed by atoms with Crippen LogP contribution in [0.4, 0.5) is 0 Å². The van der Waals surface area contributed by atoms with Crippen molar-refractivity contribution < 1.29 is 19.8 Å². The molecule has 0 unspecified atom stereocenters. The maximum absolute atomic E-state index is 11.6. The molecule has 86 valence electrons. The molecule has 16 heavy (non-hydrogen) atoms. The van der Waals surface area contributed by atoms with Crippen molar-refractivity contribution in [3.63, 3.8) is 0 Å². The average Bonchev–Trinajstić information content (AvgIpc) is 2.21. The Kier molecular flexibility index (Phi) is 3.73. The van der Waals surface area contributed by atoms with Gasteiger partial charge in [0.15, 0.2) is 0 Å². The van der Waals surface area contributed by atoms with Crippen molar-refractivity contribution in [2.45, 2.75) is 13.0 Å². The molecule has 1 aromatic rings. The lowest BCUT2D eigenvalue weighted by Crippen LogP contribution is -2.38. The van der Waals surface area contributed by atoms with Gasteiger partial charge in [0.05, 0.1) is 10.6 Å². The number of phenols is 1. The molecule has 1 aromatic carbocycles. The van der Waals surface area contributed by atoms with Gasteiger partial charge < -0.3 is 15.5 Å². The fourth-order valence-electron chi connectivity index (χ4n) is 1.02. The number of benzene rings is 1. The van der Waals surface area contributed by atoms with E-state index in [0.29, 0.717) is 0 Å². The first-order chi connectivity index (χ1) is 7.41. The molecule has 0 fully saturated rings. The van der Waals surface area contributed by atoms with Crippen molar-refractivity contribution >= 4 is 23.5 Å². The quantitative estimate of drug-likeness (QED) is 0.746. The Bertz CT molecular complexity index is 433. The van der Waals surface area contributed by atoms with Crippen LogP contribution in [0.5, 0.6) is 5.75 Å². The van der Waals surface area contributed by atoms with E-state index in [-0.39, 0.29) is 16.3 Å². The topological polar surface area (TPSA) is 86.6 Å². The lowest BCUT2D eigenvalue weighted by atomic mass is 10.2. The minimum Gasteiger partial charge on any atom is -0.508 e. The van der Waals surface area contributed by atoms with E-state index in [9.17, 15) is 14.7 Å². The molecule has 0 aliphatic heterocycles. The summed E-state index contributed by atoms with van der Waals surface area (Å²) in [6.45, 7) is 1.33. The third-order valence-electron chi connectivity index (χ3n) is 1.91. The molecule has 6 heteroatoms. The van der Waals surface area contributed by atoms with Crippen molar-refractivity contribution in [2.24, 2.45) is 0 Å². The Morgan fingerprint density at radius 1 is 1.44 bits per heavy atom. The van der Waals surface area contributed by atoms with Crippen molar-refractivity contribution in [3.8, 4) is 5.75 Å². The number of nitrogens with one attached hydrogen (secondary N) is 1. The number of aromatic hydroxyl groups is 1. The standard InChI is InChI=1S/C10H10ClNO4/c1-5(10(15)16)12-9(14)7-4-6(13)2-3-8(7)11/h2-5,13H,1H3,(H,12,14)(H,15,16)/t5-/m1/s1. The average molecular weight is 244 g/mol. The van der Waals surface area contributed by atoms with Crippen LogP contribution >= 0.6 is 11.6 Å². The van der Waals surface area contributed by atoms with Gasteiger partial charge in [-0.3, -0.25) is 9.59 Å². The third-order valence-corrected chi connectivity index (χ3v) is 2.24. The van der Waals surface area contributed by atoms with E-state index >= 15 is 0 Å². The van der Waals surface area contributed by atoms with Gasteiger partial charge in [0, 0.05) is 0 Å². The zero-order chi connectivity index (χ0) is 12.3.